The lowest BCUT2D eigenvalue weighted by Gasteiger charge is -2.27. The third-order valence-electron chi connectivity index (χ3n) is 4.27. The molecule has 0 fully saturated rings. The molecule has 3 rings (SSSR count). The third-order valence-corrected chi connectivity index (χ3v) is 4.27. The van der Waals surface area contributed by atoms with Gasteiger partial charge in [-0.3, -0.25) is 9.80 Å². The van der Waals surface area contributed by atoms with E-state index >= 15 is 0 Å². The van der Waals surface area contributed by atoms with Crippen molar-refractivity contribution < 1.29 is 18.7 Å². The summed E-state index contributed by atoms with van der Waals surface area (Å²) in [7, 11) is 1.61. The Labute approximate surface area is 156 Å². The summed E-state index contributed by atoms with van der Waals surface area (Å²) >= 11 is 0. The maximum atomic E-state index is 13.2. The van der Waals surface area contributed by atoms with Crippen molar-refractivity contribution in [2.75, 3.05) is 23.6 Å². The zero-order valence-electron chi connectivity index (χ0n) is 15.1. The molecule has 0 aliphatic carbocycles. The van der Waals surface area contributed by atoms with Crippen molar-refractivity contribution in [3.8, 4) is 0 Å². The minimum atomic E-state index is -0.693. The van der Waals surface area contributed by atoms with Crippen LogP contribution in [0.25, 0.3) is 0 Å². The van der Waals surface area contributed by atoms with Gasteiger partial charge in [-0.05, 0) is 43.3 Å². The molecule has 0 N–H and O–H groups in total. The quantitative estimate of drug-likeness (QED) is 0.760. The van der Waals surface area contributed by atoms with E-state index in [2.05, 4.69) is 5.10 Å². The van der Waals surface area contributed by atoms with Gasteiger partial charge in [0.1, 0.15) is 17.6 Å². The van der Waals surface area contributed by atoms with Gasteiger partial charge >= 0.3 is 5.97 Å². The van der Waals surface area contributed by atoms with Crippen LogP contribution in [-0.4, -0.2) is 37.3 Å². The van der Waals surface area contributed by atoms with Crippen molar-refractivity contribution in [2.45, 2.75) is 19.4 Å². The van der Waals surface area contributed by atoms with Gasteiger partial charge in [0.25, 0.3) is 5.91 Å². The molecule has 1 aliphatic rings. The van der Waals surface area contributed by atoms with E-state index in [1.54, 1.807) is 14.0 Å². The van der Waals surface area contributed by atoms with Crippen LogP contribution in [0.2, 0.25) is 0 Å². The zero-order valence-corrected chi connectivity index (χ0v) is 15.1. The number of likely N-dealkylation sites (N-methyl/N-ethyl adjacent to an activating group) is 1. The zero-order chi connectivity index (χ0) is 19.4. The number of carbonyl (C=O) groups is 2. The lowest BCUT2D eigenvalue weighted by atomic mass is 10.1. The molecule has 0 radical (unpaired) electrons. The van der Waals surface area contributed by atoms with Gasteiger partial charge in [-0.15, -0.1) is 0 Å². The number of esters is 1. The molecule has 1 atom stereocenters. The first-order valence-electron chi connectivity index (χ1n) is 8.63. The van der Waals surface area contributed by atoms with E-state index in [0.717, 1.165) is 0 Å². The molecule has 27 heavy (non-hydrogen) atoms. The summed E-state index contributed by atoms with van der Waals surface area (Å²) in [5.41, 5.74) is 1.45. The summed E-state index contributed by atoms with van der Waals surface area (Å²) in [5, 5.41) is 5.87. The number of nitrogens with zero attached hydrogens (tertiary/aromatic N) is 3. The molecule has 2 aromatic rings. The molecule has 0 saturated heterocycles. The van der Waals surface area contributed by atoms with Gasteiger partial charge in [0.2, 0.25) is 0 Å². The molecule has 1 amide bonds. The molecule has 7 heteroatoms. The van der Waals surface area contributed by atoms with Gasteiger partial charge in [-0.2, -0.15) is 5.10 Å². The average molecular weight is 369 g/mol. The van der Waals surface area contributed by atoms with Crippen LogP contribution >= 0.6 is 0 Å². The number of anilines is 2. The second kappa shape index (κ2) is 7.99. The van der Waals surface area contributed by atoms with Crippen LogP contribution in [0.1, 0.15) is 13.3 Å². The number of hydrogen-bond donors (Lipinski definition) is 0. The minimum absolute atomic E-state index is 0.137. The highest BCUT2D eigenvalue weighted by Gasteiger charge is 2.38. The summed E-state index contributed by atoms with van der Waals surface area (Å²) in [6.07, 6.45) is 0.137. The molecule has 0 spiro atoms. The maximum Gasteiger partial charge on any atom is 0.354 e. The van der Waals surface area contributed by atoms with Gasteiger partial charge in [0.05, 0.1) is 12.3 Å². The van der Waals surface area contributed by atoms with E-state index in [-0.39, 0.29) is 30.5 Å². The van der Waals surface area contributed by atoms with Gasteiger partial charge in [-0.25, -0.2) is 9.18 Å². The van der Waals surface area contributed by atoms with Gasteiger partial charge in [-0.1, -0.05) is 18.2 Å². The van der Waals surface area contributed by atoms with Crippen LogP contribution in [0.4, 0.5) is 15.8 Å². The number of hydrazone groups is 1. The number of hydrogen-bond acceptors (Lipinski definition) is 5. The average Bonchev–Trinajstić information content (AvgIpc) is 3.14. The van der Waals surface area contributed by atoms with Crippen LogP contribution in [0.15, 0.2) is 59.7 Å². The summed E-state index contributed by atoms with van der Waals surface area (Å²) < 4.78 is 18.2. The fourth-order valence-electron chi connectivity index (χ4n) is 2.87. The summed E-state index contributed by atoms with van der Waals surface area (Å²) in [6.45, 7) is 1.95. The molecular formula is C20H20FN3O3. The molecule has 2 aromatic carbocycles. The monoisotopic (exact) mass is 369 g/mol. The number of benzene rings is 2. The Bertz CT molecular complexity index is 853. The van der Waals surface area contributed by atoms with Gasteiger partial charge < -0.3 is 9.64 Å². The van der Waals surface area contributed by atoms with Crippen molar-refractivity contribution in [3.63, 3.8) is 0 Å². The number of halogens is 1. The summed E-state index contributed by atoms with van der Waals surface area (Å²) in [6, 6.07) is 14.1. The first-order valence-corrected chi connectivity index (χ1v) is 8.63. The van der Waals surface area contributed by atoms with E-state index in [0.29, 0.717) is 11.4 Å². The van der Waals surface area contributed by atoms with Crippen molar-refractivity contribution in [3.05, 3.63) is 60.4 Å². The van der Waals surface area contributed by atoms with E-state index in [4.69, 9.17) is 4.74 Å². The fourth-order valence-corrected chi connectivity index (χ4v) is 2.87. The highest BCUT2D eigenvalue weighted by Crippen LogP contribution is 2.27. The van der Waals surface area contributed by atoms with Crippen LogP contribution in [-0.2, 0) is 14.3 Å². The van der Waals surface area contributed by atoms with Crippen molar-refractivity contribution >= 4 is 29.0 Å². The Hall–Kier alpha value is -3.22. The van der Waals surface area contributed by atoms with Crippen LogP contribution in [0.3, 0.4) is 0 Å². The molecule has 0 saturated carbocycles. The first-order chi connectivity index (χ1) is 13.0. The topological polar surface area (TPSA) is 62.2 Å². The lowest BCUT2D eigenvalue weighted by molar-refractivity contribution is -0.135. The molecule has 0 bridgehead atoms. The molecule has 1 heterocycles. The SMILES string of the molecule is CCOC(=O)C1=NN(c2ccccc2)C(C(=O)N(C)c2ccc(F)cc2)C1. The van der Waals surface area contributed by atoms with Crippen LogP contribution < -0.4 is 9.91 Å². The fraction of sp³-hybridized carbons (Fsp3) is 0.250. The van der Waals surface area contributed by atoms with Crippen molar-refractivity contribution in [2.24, 2.45) is 5.10 Å². The molecule has 1 unspecified atom stereocenters. The van der Waals surface area contributed by atoms with E-state index < -0.39 is 12.0 Å². The number of para-hydroxylation sites is 1. The van der Waals surface area contributed by atoms with Crippen molar-refractivity contribution in [1.82, 2.24) is 0 Å². The largest absolute Gasteiger partial charge is 0.461 e. The Balaban J connectivity index is 1.88. The van der Waals surface area contributed by atoms with Crippen LogP contribution in [0, 0.1) is 5.82 Å². The summed E-state index contributed by atoms with van der Waals surface area (Å²) in [4.78, 5) is 26.7. The molecule has 6 nitrogen and oxygen atoms in total. The van der Waals surface area contributed by atoms with Crippen LogP contribution in [0.5, 0.6) is 0 Å². The second-order valence-electron chi connectivity index (χ2n) is 6.04. The minimum Gasteiger partial charge on any atom is -0.461 e. The molecule has 140 valence electrons. The molecule has 0 aromatic heterocycles. The Morgan fingerprint density at radius 1 is 1.19 bits per heavy atom. The Morgan fingerprint density at radius 2 is 1.85 bits per heavy atom. The smallest absolute Gasteiger partial charge is 0.354 e. The molecule has 1 aliphatic heterocycles. The van der Waals surface area contributed by atoms with Gasteiger partial charge in [0, 0.05) is 19.2 Å². The highest BCUT2D eigenvalue weighted by molar-refractivity contribution is 6.38. The van der Waals surface area contributed by atoms with E-state index in [1.807, 2.05) is 30.3 Å². The number of carbonyl (C=O) groups excluding carboxylic acids is 2. The predicted octanol–water partition coefficient (Wildman–Crippen LogP) is 2.99. The second-order valence-corrected chi connectivity index (χ2v) is 6.04. The molecular weight excluding hydrogens is 349 g/mol. The predicted molar refractivity (Wildman–Crippen MR) is 101 cm³/mol. The number of rotatable bonds is 5. The maximum absolute atomic E-state index is 13.2. The number of ether oxygens (including phenoxy) is 1. The lowest BCUT2D eigenvalue weighted by Crippen LogP contribution is -2.44. The third kappa shape index (κ3) is 3.97. The number of amides is 1. The standard InChI is InChI=1S/C20H20FN3O3/c1-3-27-20(26)17-13-18(24(22-17)16-7-5-4-6-8-16)19(25)23(2)15-11-9-14(21)10-12-15/h4-12,18H,3,13H2,1-2H3. The van der Waals surface area contributed by atoms with E-state index in [9.17, 15) is 14.0 Å². The highest BCUT2D eigenvalue weighted by atomic mass is 19.1. The first kappa shape index (κ1) is 18.6. The van der Waals surface area contributed by atoms with E-state index in [1.165, 1.54) is 34.2 Å². The Kier molecular flexibility index (Phi) is 5.49. The van der Waals surface area contributed by atoms with Crippen molar-refractivity contribution in [1.29, 1.82) is 0 Å². The normalized spacial score (nSPS) is 16.0. The summed E-state index contributed by atoms with van der Waals surface area (Å²) in [5.74, 6) is -1.16. The van der Waals surface area contributed by atoms with Gasteiger partial charge in [0.15, 0.2) is 0 Å². The Morgan fingerprint density at radius 3 is 2.48 bits per heavy atom.